The van der Waals surface area contributed by atoms with E-state index in [9.17, 15) is 0 Å². The fraction of sp³-hybridized carbons (Fsp3) is 0.0588. The van der Waals surface area contributed by atoms with E-state index in [1.165, 1.54) is 55.9 Å². The Balaban J connectivity index is 1.08. The molecule has 0 aromatic heterocycles. The average molecular weight is 681 g/mol. The highest BCUT2D eigenvalue weighted by Gasteiger charge is 2.36. The first kappa shape index (κ1) is 32.3. The van der Waals surface area contributed by atoms with Crippen LogP contribution in [0.1, 0.15) is 25.0 Å². The van der Waals surface area contributed by atoms with E-state index in [1.807, 2.05) is 0 Å². The summed E-state index contributed by atoms with van der Waals surface area (Å²) in [5.74, 6) is 0. The Kier molecular flexibility index (Phi) is 8.21. The SMILES string of the molecule is CC1(C)c2ccccc2N(c2cccc(-c3ccc(N(c4ccc(-c5ccccc5)cc4)c4ccc(-c5ccccc5)cc4)cc3)c2)c2ccccc21. The van der Waals surface area contributed by atoms with E-state index in [2.05, 4.69) is 230 Å². The minimum absolute atomic E-state index is 0.0905. The molecular weight excluding hydrogens is 641 g/mol. The number of rotatable bonds is 7. The molecule has 0 amide bonds. The molecule has 2 nitrogen and oxygen atoms in total. The van der Waals surface area contributed by atoms with Gasteiger partial charge in [0.2, 0.25) is 0 Å². The molecule has 0 bridgehead atoms. The van der Waals surface area contributed by atoms with Crippen LogP contribution in [0.15, 0.2) is 206 Å². The molecule has 8 aromatic rings. The molecule has 1 aliphatic rings. The number of hydrogen-bond donors (Lipinski definition) is 0. The van der Waals surface area contributed by atoms with Crippen molar-refractivity contribution in [2.24, 2.45) is 0 Å². The molecule has 0 saturated heterocycles. The van der Waals surface area contributed by atoms with Gasteiger partial charge in [-0.2, -0.15) is 0 Å². The number of nitrogens with zero attached hydrogens (tertiary/aromatic N) is 2. The van der Waals surface area contributed by atoms with Gasteiger partial charge in [0.1, 0.15) is 0 Å². The van der Waals surface area contributed by atoms with E-state index in [0.29, 0.717) is 0 Å². The van der Waals surface area contributed by atoms with Gasteiger partial charge < -0.3 is 9.80 Å². The van der Waals surface area contributed by atoms with Gasteiger partial charge in [-0.05, 0) is 105 Å². The van der Waals surface area contributed by atoms with E-state index in [-0.39, 0.29) is 5.41 Å². The van der Waals surface area contributed by atoms with Crippen LogP contribution >= 0.6 is 0 Å². The standard InChI is InChI=1S/C51H40N2/c1-51(2)47-20-9-11-22-49(47)53(50-23-12-10-21-48(50)51)46-19-13-18-42(36-46)41-28-34-45(35-29-41)52(43-30-24-39(25-31-43)37-14-5-3-6-15-37)44-32-26-40(27-33-44)38-16-7-4-8-17-38/h3-36H,1-2H3. The Bertz CT molecular complexity index is 2370. The van der Waals surface area contributed by atoms with Crippen molar-refractivity contribution in [3.05, 3.63) is 217 Å². The second kappa shape index (κ2) is 13.5. The lowest BCUT2D eigenvalue weighted by Crippen LogP contribution is -2.30. The topological polar surface area (TPSA) is 6.48 Å². The van der Waals surface area contributed by atoms with Gasteiger partial charge in [-0.15, -0.1) is 0 Å². The molecule has 0 fully saturated rings. The summed E-state index contributed by atoms with van der Waals surface area (Å²) in [4.78, 5) is 4.76. The zero-order valence-corrected chi connectivity index (χ0v) is 30.0. The van der Waals surface area contributed by atoms with Crippen molar-refractivity contribution in [2.45, 2.75) is 19.3 Å². The third kappa shape index (κ3) is 5.99. The summed E-state index contributed by atoms with van der Waals surface area (Å²) in [6.45, 7) is 4.66. The van der Waals surface area contributed by atoms with Crippen LogP contribution < -0.4 is 9.80 Å². The maximum absolute atomic E-state index is 2.42. The molecule has 0 unspecified atom stereocenters. The molecule has 8 aromatic carbocycles. The van der Waals surface area contributed by atoms with Crippen LogP contribution in [0.2, 0.25) is 0 Å². The molecule has 53 heavy (non-hydrogen) atoms. The first-order valence-corrected chi connectivity index (χ1v) is 18.4. The van der Waals surface area contributed by atoms with Gasteiger partial charge in [0.15, 0.2) is 0 Å². The molecule has 0 saturated carbocycles. The number of anilines is 6. The van der Waals surface area contributed by atoms with Gasteiger partial charge in [-0.1, -0.05) is 159 Å². The molecule has 1 aliphatic heterocycles. The van der Waals surface area contributed by atoms with Crippen molar-refractivity contribution in [1.29, 1.82) is 0 Å². The third-order valence-corrected chi connectivity index (χ3v) is 10.7. The molecule has 9 rings (SSSR count). The van der Waals surface area contributed by atoms with Crippen LogP contribution in [-0.4, -0.2) is 0 Å². The van der Waals surface area contributed by atoms with Crippen LogP contribution in [0.3, 0.4) is 0 Å². The molecule has 0 radical (unpaired) electrons. The number of para-hydroxylation sites is 2. The molecule has 1 heterocycles. The van der Waals surface area contributed by atoms with Crippen molar-refractivity contribution >= 4 is 34.1 Å². The Morgan fingerprint density at radius 3 is 1.15 bits per heavy atom. The molecule has 0 atom stereocenters. The lowest BCUT2D eigenvalue weighted by molar-refractivity contribution is 0.632. The molecule has 254 valence electrons. The van der Waals surface area contributed by atoms with Gasteiger partial charge in [0, 0.05) is 28.2 Å². The maximum atomic E-state index is 2.42. The lowest BCUT2D eigenvalue weighted by Gasteiger charge is -2.42. The highest BCUT2D eigenvalue weighted by molar-refractivity contribution is 5.88. The zero-order chi connectivity index (χ0) is 35.8. The fourth-order valence-corrected chi connectivity index (χ4v) is 7.89. The first-order valence-electron chi connectivity index (χ1n) is 18.4. The minimum Gasteiger partial charge on any atom is -0.311 e. The van der Waals surface area contributed by atoms with Crippen molar-refractivity contribution in [2.75, 3.05) is 9.80 Å². The number of hydrogen-bond acceptors (Lipinski definition) is 2. The second-order valence-corrected chi connectivity index (χ2v) is 14.3. The summed E-state index contributed by atoms with van der Waals surface area (Å²) in [7, 11) is 0. The monoisotopic (exact) mass is 680 g/mol. The predicted molar refractivity (Wildman–Crippen MR) is 224 cm³/mol. The summed E-state index contributed by atoms with van der Waals surface area (Å²) >= 11 is 0. The summed E-state index contributed by atoms with van der Waals surface area (Å²) in [6, 6.07) is 74.5. The van der Waals surface area contributed by atoms with Gasteiger partial charge in [-0.25, -0.2) is 0 Å². The van der Waals surface area contributed by atoms with E-state index in [4.69, 9.17) is 0 Å². The van der Waals surface area contributed by atoms with Crippen LogP contribution in [0.25, 0.3) is 33.4 Å². The molecule has 2 heteroatoms. The average Bonchev–Trinajstić information content (AvgIpc) is 3.23. The van der Waals surface area contributed by atoms with Gasteiger partial charge in [0.25, 0.3) is 0 Å². The van der Waals surface area contributed by atoms with Gasteiger partial charge in [0.05, 0.1) is 11.4 Å². The summed E-state index contributed by atoms with van der Waals surface area (Å²) in [6.07, 6.45) is 0. The Morgan fingerprint density at radius 1 is 0.340 bits per heavy atom. The molecule has 0 aliphatic carbocycles. The molecular formula is C51H40N2. The molecule has 0 N–H and O–H groups in total. The molecule has 0 spiro atoms. The second-order valence-electron chi connectivity index (χ2n) is 14.3. The summed E-state index contributed by atoms with van der Waals surface area (Å²) in [5, 5.41) is 0. The Morgan fingerprint density at radius 2 is 0.698 bits per heavy atom. The van der Waals surface area contributed by atoms with E-state index in [1.54, 1.807) is 0 Å². The third-order valence-electron chi connectivity index (χ3n) is 10.7. The van der Waals surface area contributed by atoms with Crippen LogP contribution in [0.5, 0.6) is 0 Å². The minimum atomic E-state index is -0.0905. The zero-order valence-electron chi connectivity index (χ0n) is 30.0. The van der Waals surface area contributed by atoms with Crippen molar-refractivity contribution in [1.82, 2.24) is 0 Å². The van der Waals surface area contributed by atoms with Gasteiger partial charge >= 0.3 is 0 Å². The van der Waals surface area contributed by atoms with Crippen LogP contribution in [0, 0.1) is 0 Å². The van der Waals surface area contributed by atoms with Crippen molar-refractivity contribution < 1.29 is 0 Å². The van der Waals surface area contributed by atoms with Gasteiger partial charge in [-0.3, -0.25) is 0 Å². The first-order chi connectivity index (χ1) is 26.0. The van der Waals surface area contributed by atoms with Crippen molar-refractivity contribution in [3.8, 4) is 33.4 Å². The Hall–Kier alpha value is -6.64. The van der Waals surface area contributed by atoms with E-state index < -0.39 is 0 Å². The normalized spacial score (nSPS) is 12.8. The van der Waals surface area contributed by atoms with Crippen LogP contribution in [-0.2, 0) is 5.41 Å². The predicted octanol–water partition coefficient (Wildman–Crippen LogP) is 14.3. The number of fused-ring (bicyclic) bond motifs is 2. The fourth-order valence-electron chi connectivity index (χ4n) is 7.89. The highest BCUT2D eigenvalue weighted by atomic mass is 15.2. The summed E-state index contributed by atoms with van der Waals surface area (Å²) < 4.78 is 0. The van der Waals surface area contributed by atoms with Crippen LogP contribution in [0.4, 0.5) is 34.1 Å². The van der Waals surface area contributed by atoms with E-state index >= 15 is 0 Å². The smallest absolute Gasteiger partial charge is 0.0502 e. The largest absolute Gasteiger partial charge is 0.311 e. The maximum Gasteiger partial charge on any atom is 0.0502 e. The quantitative estimate of drug-likeness (QED) is 0.165. The van der Waals surface area contributed by atoms with E-state index in [0.717, 1.165) is 22.7 Å². The van der Waals surface area contributed by atoms with Crippen molar-refractivity contribution in [3.63, 3.8) is 0 Å². The number of benzene rings is 8. The lowest BCUT2D eigenvalue weighted by atomic mass is 9.73. The summed E-state index contributed by atoms with van der Waals surface area (Å²) in [5.41, 5.74) is 16.7. The Labute approximate surface area is 312 Å². The highest BCUT2D eigenvalue weighted by Crippen LogP contribution is 2.52.